The Morgan fingerprint density at radius 1 is 1.23 bits per heavy atom. The predicted octanol–water partition coefficient (Wildman–Crippen LogP) is 3.88. The van der Waals surface area contributed by atoms with Gasteiger partial charge in [0.25, 0.3) is 0 Å². The van der Waals surface area contributed by atoms with Gasteiger partial charge in [-0.05, 0) is 48.0 Å². The second-order valence-corrected chi connectivity index (χ2v) is 9.43. The average Bonchev–Trinajstić information content (AvgIpc) is 3.29. The lowest BCUT2D eigenvalue weighted by atomic mass is 9.99. The third-order valence-corrected chi connectivity index (χ3v) is 6.20. The minimum absolute atomic E-state index is 0.385. The van der Waals surface area contributed by atoms with Crippen molar-refractivity contribution < 1.29 is 8.95 Å². The van der Waals surface area contributed by atoms with Crippen molar-refractivity contribution >= 4 is 44.2 Å². The number of aromatic amines is 1. The minimum atomic E-state index is -3.00. The molecular formula is C21H23N5O2S2. The summed E-state index contributed by atoms with van der Waals surface area (Å²) < 4.78 is 22.5. The Morgan fingerprint density at radius 2 is 2.00 bits per heavy atom. The Balaban J connectivity index is 1.93. The number of benzene rings is 2. The Morgan fingerprint density at radius 3 is 2.70 bits per heavy atom. The molecule has 4 rings (SSSR count). The standard InChI is InChI=1S/C21H23N5O2S2/c1-26-10-9-13-11-14(5-7-16(13)26)19-20(23-24-21(19)25-30(4,22)27)15-6-8-18(29-3)17(12-15)28-2/h5-12H,4H2,1-3H3,(H4,22,23,24,25,27). The number of thioether (sulfide) groups is 1. The second kappa shape index (κ2) is 7.75. The molecule has 30 heavy (non-hydrogen) atoms. The third-order valence-electron chi connectivity index (χ3n) is 4.88. The van der Waals surface area contributed by atoms with Gasteiger partial charge in [0.1, 0.15) is 15.6 Å². The molecule has 7 nitrogen and oxygen atoms in total. The van der Waals surface area contributed by atoms with Crippen LogP contribution in [0.15, 0.2) is 53.6 Å². The van der Waals surface area contributed by atoms with Crippen LogP contribution in [0.3, 0.4) is 0 Å². The predicted molar refractivity (Wildman–Crippen MR) is 127 cm³/mol. The van der Waals surface area contributed by atoms with Crippen molar-refractivity contribution in [2.45, 2.75) is 4.90 Å². The van der Waals surface area contributed by atoms with Crippen molar-refractivity contribution in [1.29, 1.82) is 0 Å². The van der Waals surface area contributed by atoms with Crippen LogP contribution in [0.25, 0.3) is 33.3 Å². The first-order valence-corrected chi connectivity index (χ1v) is 12.1. The van der Waals surface area contributed by atoms with Gasteiger partial charge in [0, 0.05) is 34.6 Å². The normalized spacial score (nSPS) is 13.3. The molecule has 4 aromatic rings. The molecule has 0 aliphatic rings. The average molecular weight is 442 g/mol. The molecule has 0 bridgehead atoms. The summed E-state index contributed by atoms with van der Waals surface area (Å²) in [6, 6.07) is 14.1. The quantitative estimate of drug-likeness (QED) is 0.312. The summed E-state index contributed by atoms with van der Waals surface area (Å²) in [6.45, 7) is 0. The summed E-state index contributed by atoms with van der Waals surface area (Å²) in [5.74, 6) is 4.66. The van der Waals surface area contributed by atoms with Crippen LogP contribution in [0.1, 0.15) is 0 Å². The molecule has 0 fully saturated rings. The highest BCUT2D eigenvalue weighted by Crippen LogP contribution is 2.40. The van der Waals surface area contributed by atoms with Gasteiger partial charge in [0.2, 0.25) is 0 Å². The van der Waals surface area contributed by atoms with E-state index in [1.807, 2.05) is 49.8 Å². The van der Waals surface area contributed by atoms with Crippen LogP contribution < -0.4 is 14.6 Å². The van der Waals surface area contributed by atoms with Gasteiger partial charge in [-0.25, -0.2) is 9.35 Å². The van der Waals surface area contributed by atoms with E-state index in [0.717, 1.165) is 43.9 Å². The number of rotatable bonds is 6. The van der Waals surface area contributed by atoms with Gasteiger partial charge in [-0.3, -0.25) is 9.82 Å². The number of aromatic nitrogens is 3. The van der Waals surface area contributed by atoms with Crippen molar-refractivity contribution in [3.8, 4) is 28.1 Å². The van der Waals surface area contributed by atoms with Gasteiger partial charge in [-0.1, -0.05) is 12.1 Å². The fraction of sp³-hybridized carbons (Fsp3) is 0.143. The molecular weight excluding hydrogens is 418 g/mol. The number of nitrogens with zero attached hydrogens (tertiary/aromatic N) is 2. The van der Waals surface area contributed by atoms with Crippen LogP contribution in [-0.4, -0.2) is 38.2 Å². The van der Waals surface area contributed by atoms with E-state index in [1.165, 1.54) is 0 Å². The van der Waals surface area contributed by atoms with E-state index >= 15 is 0 Å². The second-order valence-electron chi connectivity index (χ2n) is 6.92. The number of nitrogens with one attached hydrogen (secondary N) is 2. The van der Waals surface area contributed by atoms with E-state index in [0.29, 0.717) is 5.82 Å². The van der Waals surface area contributed by atoms with Crippen LogP contribution in [-0.2, 0) is 16.9 Å². The highest BCUT2D eigenvalue weighted by atomic mass is 32.2. The number of anilines is 1. The largest absolute Gasteiger partial charge is 0.496 e. The maximum Gasteiger partial charge on any atom is 0.168 e. The molecule has 2 heterocycles. The number of nitrogens with two attached hydrogens (primary N) is 1. The van der Waals surface area contributed by atoms with Crippen LogP contribution in [0.4, 0.5) is 5.82 Å². The topological polar surface area (TPSA) is 98.0 Å². The summed E-state index contributed by atoms with van der Waals surface area (Å²) >= 11 is 1.61. The zero-order valence-corrected chi connectivity index (χ0v) is 18.6. The van der Waals surface area contributed by atoms with Gasteiger partial charge >= 0.3 is 0 Å². The van der Waals surface area contributed by atoms with Crippen molar-refractivity contribution in [3.05, 3.63) is 48.7 Å². The highest BCUT2D eigenvalue weighted by molar-refractivity contribution is 7.99. The SMILES string of the molecule is C=S(N)(=O)Nc1n[nH]c(-c2ccc(SC)c(OC)c2)c1-c1ccc2c(ccn2C)c1. The fourth-order valence-electron chi connectivity index (χ4n) is 3.50. The summed E-state index contributed by atoms with van der Waals surface area (Å²) in [5.41, 5.74) is 4.45. The Labute approximate surface area is 179 Å². The molecule has 9 heteroatoms. The Hall–Kier alpha value is -2.88. The highest BCUT2D eigenvalue weighted by Gasteiger charge is 2.20. The zero-order chi connectivity index (χ0) is 21.5. The number of ether oxygens (including phenoxy) is 1. The summed E-state index contributed by atoms with van der Waals surface area (Å²) in [7, 11) is 0.649. The van der Waals surface area contributed by atoms with Crippen molar-refractivity contribution in [2.24, 2.45) is 12.2 Å². The minimum Gasteiger partial charge on any atom is -0.496 e. The van der Waals surface area contributed by atoms with Gasteiger partial charge in [0.05, 0.1) is 18.4 Å². The van der Waals surface area contributed by atoms with Gasteiger partial charge in [-0.15, -0.1) is 11.8 Å². The van der Waals surface area contributed by atoms with Crippen LogP contribution >= 0.6 is 11.8 Å². The number of hydrogen-bond acceptors (Lipinski definition) is 4. The van der Waals surface area contributed by atoms with E-state index < -0.39 is 9.89 Å². The first-order chi connectivity index (χ1) is 14.3. The van der Waals surface area contributed by atoms with Gasteiger partial charge < -0.3 is 9.30 Å². The molecule has 1 atom stereocenters. The molecule has 0 saturated heterocycles. The fourth-order valence-corrected chi connectivity index (χ4v) is 4.52. The summed E-state index contributed by atoms with van der Waals surface area (Å²) in [6.07, 6.45) is 4.01. The van der Waals surface area contributed by atoms with E-state index in [2.05, 4.69) is 37.5 Å². The Bertz CT molecular complexity index is 1340. The smallest absolute Gasteiger partial charge is 0.168 e. The van der Waals surface area contributed by atoms with Gasteiger partial charge in [-0.2, -0.15) is 5.10 Å². The van der Waals surface area contributed by atoms with E-state index in [9.17, 15) is 4.21 Å². The van der Waals surface area contributed by atoms with E-state index in [-0.39, 0.29) is 0 Å². The Kier molecular flexibility index (Phi) is 5.27. The zero-order valence-electron chi connectivity index (χ0n) is 16.9. The lowest BCUT2D eigenvalue weighted by molar-refractivity contribution is 0.405. The monoisotopic (exact) mass is 441 g/mol. The molecule has 156 valence electrons. The van der Waals surface area contributed by atoms with Gasteiger partial charge in [0.15, 0.2) is 5.82 Å². The molecule has 4 N–H and O–H groups in total. The molecule has 0 spiro atoms. The molecule has 0 amide bonds. The van der Waals surface area contributed by atoms with Crippen LogP contribution in [0.2, 0.25) is 0 Å². The molecule has 0 saturated carbocycles. The number of hydrogen-bond donors (Lipinski definition) is 3. The number of methoxy groups -OCH3 is 1. The lowest BCUT2D eigenvalue weighted by Crippen LogP contribution is -2.22. The van der Waals surface area contributed by atoms with Crippen molar-refractivity contribution in [1.82, 2.24) is 14.8 Å². The molecule has 2 aromatic heterocycles. The summed E-state index contributed by atoms with van der Waals surface area (Å²) in [4.78, 5) is 1.04. The van der Waals surface area contributed by atoms with Crippen molar-refractivity contribution in [2.75, 3.05) is 18.1 Å². The van der Waals surface area contributed by atoms with Crippen molar-refractivity contribution in [3.63, 3.8) is 0 Å². The third kappa shape index (κ3) is 3.79. The molecule has 0 aliphatic heterocycles. The molecule has 1 unspecified atom stereocenters. The maximum atomic E-state index is 12.2. The first kappa shape index (κ1) is 20.4. The molecule has 0 radical (unpaired) electrons. The lowest BCUT2D eigenvalue weighted by Gasteiger charge is -2.12. The number of fused-ring (bicyclic) bond motifs is 1. The van der Waals surface area contributed by atoms with E-state index in [1.54, 1.807) is 18.9 Å². The van der Waals surface area contributed by atoms with Crippen LogP contribution in [0.5, 0.6) is 5.75 Å². The first-order valence-electron chi connectivity index (χ1n) is 9.09. The number of H-pyrrole nitrogens is 1. The summed E-state index contributed by atoms with van der Waals surface area (Å²) in [5, 5.41) is 14.2. The number of aryl methyl sites for hydroxylation is 1. The molecule has 2 aromatic carbocycles. The van der Waals surface area contributed by atoms with Crippen LogP contribution in [0, 0.1) is 0 Å². The maximum absolute atomic E-state index is 12.2. The molecule has 0 aliphatic carbocycles. The van der Waals surface area contributed by atoms with E-state index in [4.69, 9.17) is 9.88 Å².